The Labute approximate surface area is 159 Å². The molecule has 2 heterocycles. The van der Waals surface area contributed by atoms with Crippen molar-refractivity contribution in [3.05, 3.63) is 72.2 Å². The molecule has 6 nitrogen and oxygen atoms in total. The van der Waals surface area contributed by atoms with Gasteiger partial charge in [0, 0.05) is 37.2 Å². The highest BCUT2D eigenvalue weighted by molar-refractivity contribution is 5.94. The molecule has 0 atom stereocenters. The molecule has 0 aliphatic rings. The van der Waals surface area contributed by atoms with Crippen molar-refractivity contribution in [2.75, 3.05) is 18.4 Å². The fourth-order valence-corrected chi connectivity index (χ4v) is 2.46. The third-order valence-corrected chi connectivity index (χ3v) is 3.93. The molecule has 3 rings (SSSR count). The maximum atomic E-state index is 12.5. The lowest BCUT2D eigenvalue weighted by Crippen LogP contribution is -2.25. The van der Waals surface area contributed by atoms with E-state index in [1.807, 2.05) is 12.3 Å². The molecule has 9 heteroatoms. The summed E-state index contributed by atoms with van der Waals surface area (Å²) in [5.74, 6) is 0.160. The van der Waals surface area contributed by atoms with Crippen LogP contribution in [0.2, 0.25) is 0 Å². The van der Waals surface area contributed by atoms with Crippen molar-refractivity contribution in [1.29, 1.82) is 0 Å². The Hall–Kier alpha value is -3.36. The Morgan fingerprint density at radius 2 is 1.86 bits per heavy atom. The molecular formula is C19H18F3N5O. The minimum absolute atomic E-state index is 0.195. The predicted octanol–water partition coefficient (Wildman–Crippen LogP) is 3.52. The first-order valence-corrected chi connectivity index (χ1v) is 8.59. The number of nitrogens with zero attached hydrogens (tertiary/aromatic N) is 3. The molecule has 0 radical (unpaired) electrons. The van der Waals surface area contributed by atoms with Gasteiger partial charge in [-0.3, -0.25) is 4.79 Å². The van der Waals surface area contributed by atoms with Gasteiger partial charge < -0.3 is 10.6 Å². The van der Waals surface area contributed by atoms with Crippen LogP contribution in [0.4, 0.5) is 19.0 Å². The summed E-state index contributed by atoms with van der Waals surface area (Å²) in [6.45, 7) is 0.893. The highest BCUT2D eigenvalue weighted by Crippen LogP contribution is 2.28. The van der Waals surface area contributed by atoms with Crippen LogP contribution in [0.1, 0.15) is 22.3 Å². The standard InChI is InChI=1S/C19H18F3N5O/c20-19(21,22)15-5-8-17(25-13-15)23-9-1-10-24-18(28)14-3-6-16(7-4-14)27-12-2-11-26-27/h2-8,11-13H,1,9-10H2,(H,23,25)(H,24,28). The summed E-state index contributed by atoms with van der Waals surface area (Å²) in [5.41, 5.74) is 0.604. The summed E-state index contributed by atoms with van der Waals surface area (Å²) in [6, 6.07) is 11.1. The summed E-state index contributed by atoms with van der Waals surface area (Å²) in [5, 5.41) is 9.84. The van der Waals surface area contributed by atoms with Gasteiger partial charge in [-0.05, 0) is 48.9 Å². The summed E-state index contributed by atoms with van der Waals surface area (Å²) >= 11 is 0. The second-order valence-electron chi connectivity index (χ2n) is 5.96. The molecule has 0 unspecified atom stereocenters. The summed E-state index contributed by atoms with van der Waals surface area (Å²) in [4.78, 5) is 15.9. The van der Waals surface area contributed by atoms with Gasteiger partial charge in [-0.25, -0.2) is 9.67 Å². The molecule has 2 aromatic heterocycles. The fraction of sp³-hybridized carbons (Fsp3) is 0.211. The van der Waals surface area contributed by atoms with E-state index in [-0.39, 0.29) is 5.91 Å². The maximum Gasteiger partial charge on any atom is 0.417 e. The van der Waals surface area contributed by atoms with Crippen molar-refractivity contribution in [3.8, 4) is 5.69 Å². The average molecular weight is 389 g/mol. The van der Waals surface area contributed by atoms with Gasteiger partial charge in [0.15, 0.2) is 0 Å². The Kier molecular flexibility index (Phi) is 5.93. The quantitative estimate of drug-likeness (QED) is 0.607. The predicted molar refractivity (Wildman–Crippen MR) is 98.2 cm³/mol. The number of halogens is 3. The first-order chi connectivity index (χ1) is 13.4. The van der Waals surface area contributed by atoms with E-state index in [0.29, 0.717) is 30.9 Å². The van der Waals surface area contributed by atoms with Crippen LogP contribution in [0.25, 0.3) is 5.69 Å². The number of hydrogen-bond donors (Lipinski definition) is 2. The molecule has 2 N–H and O–H groups in total. The Morgan fingerprint density at radius 1 is 1.07 bits per heavy atom. The first kappa shape index (κ1) is 19.4. The van der Waals surface area contributed by atoms with E-state index in [2.05, 4.69) is 20.7 Å². The minimum atomic E-state index is -4.40. The molecule has 146 valence electrons. The first-order valence-electron chi connectivity index (χ1n) is 8.59. The molecule has 0 saturated heterocycles. The second-order valence-corrected chi connectivity index (χ2v) is 5.96. The van der Waals surface area contributed by atoms with Crippen molar-refractivity contribution in [1.82, 2.24) is 20.1 Å². The Balaban J connectivity index is 1.39. The lowest BCUT2D eigenvalue weighted by molar-refractivity contribution is -0.137. The van der Waals surface area contributed by atoms with E-state index in [1.165, 1.54) is 6.07 Å². The highest BCUT2D eigenvalue weighted by Gasteiger charge is 2.30. The van der Waals surface area contributed by atoms with E-state index in [1.54, 1.807) is 35.1 Å². The number of hydrogen-bond acceptors (Lipinski definition) is 4. The van der Waals surface area contributed by atoms with Crippen LogP contribution < -0.4 is 10.6 Å². The normalized spacial score (nSPS) is 11.2. The van der Waals surface area contributed by atoms with Crippen LogP contribution in [0.5, 0.6) is 0 Å². The Morgan fingerprint density at radius 3 is 2.46 bits per heavy atom. The van der Waals surface area contributed by atoms with Gasteiger partial charge in [0.2, 0.25) is 0 Å². The molecule has 0 bridgehead atoms. The zero-order chi connectivity index (χ0) is 20.0. The number of aromatic nitrogens is 3. The van der Waals surface area contributed by atoms with Gasteiger partial charge in [-0.2, -0.15) is 18.3 Å². The van der Waals surface area contributed by atoms with Crippen LogP contribution in [0.15, 0.2) is 61.1 Å². The molecule has 0 aliphatic heterocycles. The van der Waals surface area contributed by atoms with Crippen LogP contribution in [0, 0.1) is 0 Å². The van der Waals surface area contributed by atoms with E-state index in [4.69, 9.17) is 0 Å². The van der Waals surface area contributed by atoms with Crippen LogP contribution in [-0.2, 0) is 6.18 Å². The number of pyridine rings is 1. The summed E-state index contributed by atoms with van der Waals surface area (Å²) in [6.07, 6.45) is 0.478. The second kappa shape index (κ2) is 8.55. The van der Waals surface area contributed by atoms with Gasteiger partial charge in [0.05, 0.1) is 11.3 Å². The number of rotatable bonds is 7. The van der Waals surface area contributed by atoms with Gasteiger partial charge in [0.25, 0.3) is 5.91 Å². The zero-order valence-electron chi connectivity index (χ0n) is 14.8. The number of nitrogens with one attached hydrogen (secondary N) is 2. The van der Waals surface area contributed by atoms with Gasteiger partial charge in [0.1, 0.15) is 5.82 Å². The van der Waals surface area contributed by atoms with Gasteiger partial charge in [-0.1, -0.05) is 0 Å². The third kappa shape index (κ3) is 5.09. The number of carbonyl (C=O) groups is 1. The summed E-state index contributed by atoms with van der Waals surface area (Å²) in [7, 11) is 0. The maximum absolute atomic E-state index is 12.5. The lowest BCUT2D eigenvalue weighted by Gasteiger charge is -2.09. The van der Waals surface area contributed by atoms with Crippen molar-refractivity contribution < 1.29 is 18.0 Å². The average Bonchev–Trinajstić information content (AvgIpc) is 3.22. The highest BCUT2D eigenvalue weighted by atomic mass is 19.4. The molecule has 0 saturated carbocycles. The number of amides is 1. The smallest absolute Gasteiger partial charge is 0.370 e. The molecule has 0 aliphatic carbocycles. The number of carbonyl (C=O) groups excluding carboxylic acids is 1. The SMILES string of the molecule is O=C(NCCCNc1ccc(C(F)(F)F)cn1)c1ccc(-n2cccn2)cc1. The van der Waals surface area contributed by atoms with E-state index < -0.39 is 11.7 Å². The molecule has 0 spiro atoms. The molecule has 28 heavy (non-hydrogen) atoms. The van der Waals surface area contributed by atoms with Gasteiger partial charge >= 0.3 is 6.18 Å². The van der Waals surface area contributed by atoms with E-state index in [0.717, 1.165) is 18.0 Å². The topological polar surface area (TPSA) is 71.8 Å². The minimum Gasteiger partial charge on any atom is -0.370 e. The van der Waals surface area contributed by atoms with Crippen LogP contribution >= 0.6 is 0 Å². The lowest BCUT2D eigenvalue weighted by atomic mass is 10.2. The van der Waals surface area contributed by atoms with Crippen molar-refractivity contribution in [2.45, 2.75) is 12.6 Å². The zero-order valence-corrected chi connectivity index (χ0v) is 14.8. The largest absolute Gasteiger partial charge is 0.417 e. The molecule has 1 aromatic carbocycles. The van der Waals surface area contributed by atoms with Crippen LogP contribution in [0.3, 0.4) is 0 Å². The monoisotopic (exact) mass is 389 g/mol. The molecule has 3 aromatic rings. The van der Waals surface area contributed by atoms with E-state index >= 15 is 0 Å². The Bertz CT molecular complexity index is 891. The fourth-order valence-electron chi connectivity index (χ4n) is 2.46. The molecule has 0 fully saturated rings. The number of anilines is 1. The summed E-state index contributed by atoms with van der Waals surface area (Å²) < 4.78 is 39.1. The van der Waals surface area contributed by atoms with Crippen molar-refractivity contribution in [2.24, 2.45) is 0 Å². The van der Waals surface area contributed by atoms with Gasteiger partial charge in [-0.15, -0.1) is 0 Å². The van der Waals surface area contributed by atoms with E-state index in [9.17, 15) is 18.0 Å². The third-order valence-electron chi connectivity index (χ3n) is 3.93. The molecule has 1 amide bonds. The van der Waals surface area contributed by atoms with Crippen molar-refractivity contribution in [3.63, 3.8) is 0 Å². The van der Waals surface area contributed by atoms with Crippen molar-refractivity contribution >= 4 is 11.7 Å². The van der Waals surface area contributed by atoms with Crippen LogP contribution in [-0.4, -0.2) is 33.8 Å². The number of alkyl halides is 3. The number of benzene rings is 1. The molecular weight excluding hydrogens is 371 g/mol.